The van der Waals surface area contributed by atoms with Gasteiger partial charge in [0, 0.05) is 23.7 Å². The number of imidazole rings is 1. The monoisotopic (exact) mass is 430 g/mol. The Hall–Kier alpha value is -3.45. The third-order valence-electron chi connectivity index (χ3n) is 5.66. The van der Waals surface area contributed by atoms with Crippen LogP contribution >= 0.6 is 11.3 Å². The lowest BCUT2D eigenvalue weighted by molar-refractivity contribution is 0.0953. The quantitative estimate of drug-likeness (QED) is 0.399. The van der Waals surface area contributed by atoms with Gasteiger partial charge in [-0.2, -0.15) is 0 Å². The molecule has 0 bridgehead atoms. The molecule has 0 unspecified atom stereocenters. The molecule has 3 N–H and O–H groups in total. The standard InChI is InChI=1S/C24H22N4O2S/c29-23(17-8-6-15(7-9-17)14-25-24(30)21-5-2-12-31-21)26-18-10-11-19-20(13-18)28-22(27-19)16-3-1-4-16/h2,5-13,16H,1,3-4,14H2,(H,25,30)(H,26,29)(H,27,28). The third kappa shape index (κ3) is 4.22. The van der Waals surface area contributed by atoms with Gasteiger partial charge in [0.05, 0.1) is 15.9 Å². The smallest absolute Gasteiger partial charge is 0.261 e. The van der Waals surface area contributed by atoms with E-state index in [1.54, 1.807) is 18.2 Å². The Kier molecular flexibility index (Phi) is 5.26. The van der Waals surface area contributed by atoms with Crippen molar-refractivity contribution in [1.82, 2.24) is 15.3 Å². The Morgan fingerprint density at radius 1 is 1.06 bits per heavy atom. The summed E-state index contributed by atoms with van der Waals surface area (Å²) in [5.74, 6) is 1.32. The molecule has 31 heavy (non-hydrogen) atoms. The zero-order valence-corrected chi connectivity index (χ0v) is 17.7. The van der Waals surface area contributed by atoms with Gasteiger partial charge in [-0.1, -0.05) is 24.6 Å². The van der Waals surface area contributed by atoms with E-state index in [1.165, 1.54) is 30.6 Å². The molecule has 1 aliphatic carbocycles. The minimum Gasteiger partial charge on any atom is -0.347 e. The number of carbonyl (C=O) groups is 2. The zero-order valence-electron chi connectivity index (χ0n) is 16.9. The van der Waals surface area contributed by atoms with Gasteiger partial charge in [0.1, 0.15) is 5.82 Å². The number of thiophene rings is 1. The molecular weight excluding hydrogens is 408 g/mol. The number of aromatic amines is 1. The van der Waals surface area contributed by atoms with Crippen molar-refractivity contribution in [3.63, 3.8) is 0 Å². The van der Waals surface area contributed by atoms with E-state index in [1.807, 2.05) is 41.8 Å². The van der Waals surface area contributed by atoms with Crippen LogP contribution in [0.2, 0.25) is 0 Å². The average Bonchev–Trinajstić information content (AvgIpc) is 3.41. The molecule has 7 heteroatoms. The second-order valence-corrected chi connectivity index (χ2v) is 8.74. The number of amides is 2. The number of fused-ring (bicyclic) bond motifs is 1. The number of H-pyrrole nitrogens is 1. The fourth-order valence-corrected chi connectivity index (χ4v) is 4.28. The molecule has 2 amide bonds. The van der Waals surface area contributed by atoms with E-state index in [2.05, 4.69) is 20.6 Å². The molecule has 0 spiro atoms. The van der Waals surface area contributed by atoms with Crippen molar-refractivity contribution in [3.05, 3.63) is 81.8 Å². The van der Waals surface area contributed by atoms with Gasteiger partial charge in [-0.25, -0.2) is 4.98 Å². The Bertz CT molecular complexity index is 1220. The summed E-state index contributed by atoms with van der Waals surface area (Å²) in [7, 11) is 0. The van der Waals surface area contributed by atoms with Crippen molar-refractivity contribution in [3.8, 4) is 0 Å². The van der Waals surface area contributed by atoms with E-state index in [9.17, 15) is 9.59 Å². The van der Waals surface area contributed by atoms with Crippen molar-refractivity contribution in [2.75, 3.05) is 5.32 Å². The second kappa shape index (κ2) is 8.35. The molecule has 0 aliphatic heterocycles. The highest BCUT2D eigenvalue weighted by molar-refractivity contribution is 7.12. The first kappa shape index (κ1) is 19.5. The molecule has 6 nitrogen and oxygen atoms in total. The van der Waals surface area contributed by atoms with Crippen LogP contribution in [0, 0.1) is 0 Å². The third-order valence-corrected chi connectivity index (χ3v) is 6.53. The first-order valence-corrected chi connectivity index (χ1v) is 11.3. The summed E-state index contributed by atoms with van der Waals surface area (Å²) in [4.78, 5) is 33.4. The predicted octanol–water partition coefficient (Wildman–Crippen LogP) is 5.07. The van der Waals surface area contributed by atoms with Gasteiger partial charge in [-0.05, 0) is 60.2 Å². The fraction of sp³-hybridized carbons (Fsp3) is 0.208. The molecule has 1 fully saturated rings. The number of benzene rings is 2. The van der Waals surface area contributed by atoms with E-state index in [-0.39, 0.29) is 11.8 Å². The number of nitrogens with one attached hydrogen (secondary N) is 3. The number of nitrogens with zero attached hydrogens (tertiary/aromatic N) is 1. The summed E-state index contributed by atoms with van der Waals surface area (Å²) in [5.41, 5.74) is 4.09. The van der Waals surface area contributed by atoms with Crippen molar-refractivity contribution in [1.29, 1.82) is 0 Å². The summed E-state index contributed by atoms with van der Waals surface area (Å²) < 4.78 is 0. The van der Waals surface area contributed by atoms with E-state index in [0.717, 1.165) is 28.1 Å². The maximum atomic E-state index is 12.6. The highest BCUT2D eigenvalue weighted by Crippen LogP contribution is 2.35. The fourth-order valence-electron chi connectivity index (χ4n) is 3.64. The van der Waals surface area contributed by atoms with Crippen LogP contribution < -0.4 is 10.6 Å². The van der Waals surface area contributed by atoms with Crippen LogP contribution in [0.4, 0.5) is 5.69 Å². The summed E-state index contributed by atoms with van der Waals surface area (Å²) >= 11 is 1.41. The van der Waals surface area contributed by atoms with Crippen LogP contribution in [0.5, 0.6) is 0 Å². The zero-order chi connectivity index (χ0) is 21.2. The summed E-state index contributed by atoms with van der Waals surface area (Å²) in [6.45, 7) is 0.415. The summed E-state index contributed by atoms with van der Waals surface area (Å²) in [5, 5.41) is 7.71. The maximum absolute atomic E-state index is 12.6. The molecule has 0 radical (unpaired) electrons. The molecule has 2 aromatic heterocycles. The predicted molar refractivity (Wildman–Crippen MR) is 123 cm³/mol. The van der Waals surface area contributed by atoms with Crippen molar-refractivity contribution >= 4 is 39.9 Å². The first-order valence-electron chi connectivity index (χ1n) is 10.4. The lowest BCUT2D eigenvalue weighted by Gasteiger charge is -2.22. The molecule has 2 aromatic carbocycles. The van der Waals surface area contributed by atoms with E-state index in [0.29, 0.717) is 22.9 Å². The van der Waals surface area contributed by atoms with Crippen LogP contribution in [0.15, 0.2) is 60.0 Å². The van der Waals surface area contributed by atoms with Crippen molar-refractivity contribution in [2.45, 2.75) is 31.7 Å². The number of anilines is 1. The molecule has 2 heterocycles. The number of hydrogen-bond donors (Lipinski definition) is 3. The molecular formula is C24H22N4O2S. The second-order valence-electron chi connectivity index (χ2n) is 7.79. The molecule has 1 aliphatic rings. The Morgan fingerprint density at radius 2 is 1.90 bits per heavy atom. The molecule has 0 atom stereocenters. The number of carbonyl (C=O) groups excluding carboxylic acids is 2. The lowest BCUT2D eigenvalue weighted by atomic mass is 9.85. The van der Waals surface area contributed by atoms with Gasteiger partial charge in [0.25, 0.3) is 11.8 Å². The normalized spacial score (nSPS) is 13.7. The van der Waals surface area contributed by atoms with Gasteiger partial charge < -0.3 is 15.6 Å². The molecule has 1 saturated carbocycles. The van der Waals surface area contributed by atoms with Gasteiger partial charge in [0.15, 0.2) is 0 Å². The Balaban J connectivity index is 1.21. The minimum atomic E-state index is -0.174. The van der Waals surface area contributed by atoms with Gasteiger partial charge in [-0.15, -0.1) is 11.3 Å². The highest BCUT2D eigenvalue weighted by Gasteiger charge is 2.22. The van der Waals surface area contributed by atoms with Crippen LogP contribution in [0.3, 0.4) is 0 Å². The maximum Gasteiger partial charge on any atom is 0.261 e. The number of hydrogen-bond acceptors (Lipinski definition) is 4. The largest absolute Gasteiger partial charge is 0.347 e. The highest BCUT2D eigenvalue weighted by atomic mass is 32.1. The average molecular weight is 431 g/mol. The molecule has 4 aromatic rings. The van der Waals surface area contributed by atoms with E-state index in [4.69, 9.17) is 0 Å². The minimum absolute atomic E-state index is 0.0912. The van der Waals surface area contributed by atoms with Gasteiger partial charge in [-0.3, -0.25) is 9.59 Å². The molecule has 156 valence electrons. The Labute approximate surface area is 183 Å². The van der Waals surface area contributed by atoms with Crippen LogP contribution in [-0.2, 0) is 6.54 Å². The van der Waals surface area contributed by atoms with Crippen molar-refractivity contribution in [2.24, 2.45) is 0 Å². The van der Waals surface area contributed by atoms with Crippen LogP contribution in [0.25, 0.3) is 11.0 Å². The number of rotatable bonds is 6. The summed E-state index contributed by atoms with van der Waals surface area (Å²) in [6.07, 6.45) is 3.65. The first-order chi connectivity index (χ1) is 15.2. The van der Waals surface area contributed by atoms with Crippen LogP contribution in [-0.4, -0.2) is 21.8 Å². The molecule has 0 saturated heterocycles. The Morgan fingerprint density at radius 3 is 2.61 bits per heavy atom. The van der Waals surface area contributed by atoms with E-state index < -0.39 is 0 Å². The summed E-state index contributed by atoms with van der Waals surface area (Å²) in [6, 6.07) is 16.6. The SMILES string of the molecule is O=C(Nc1ccc2nc(C3CCC3)[nH]c2c1)c1ccc(CNC(=O)c2cccs2)cc1. The van der Waals surface area contributed by atoms with E-state index >= 15 is 0 Å². The number of aromatic nitrogens is 2. The lowest BCUT2D eigenvalue weighted by Crippen LogP contribution is -2.21. The topological polar surface area (TPSA) is 86.9 Å². The molecule has 5 rings (SSSR count). The van der Waals surface area contributed by atoms with Gasteiger partial charge >= 0.3 is 0 Å². The van der Waals surface area contributed by atoms with Crippen LogP contribution in [0.1, 0.15) is 56.6 Å². The van der Waals surface area contributed by atoms with Crippen molar-refractivity contribution < 1.29 is 9.59 Å². The van der Waals surface area contributed by atoms with Gasteiger partial charge in [0.2, 0.25) is 0 Å².